The fourth-order valence-corrected chi connectivity index (χ4v) is 1.94. The lowest BCUT2D eigenvalue weighted by Crippen LogP contribution is -2.05. The van der Waals surface area contributed by atoms with Gasteiger partial charge in [0, 0.05) is 24.8 Å². The van der Waals surface area contributed by atoms with Crippen molar-refractivity contribution in [3.05, 3.63) is 30.6 Å². The van der Waals surface area contributed by atoms with Gasteiger partial charge in [-0.15, -0.1) is 10.2 Å². The van der Waals surface area contributed by atoms with Crippen LogP contribution < -0.4 is 5.32 Å². The second kappa shape index (κ2) is 4.20. The Labute approximate surface area is 101 Å². The molecule has 1 aromatic carbocycles. The molecule has 3 rings (SSSR count). The summed E-state index contributed by atoms with van der Waals surface area (Å²) < 4.78 is 1.94. The number of nitrogens with one attached hydrogen (secondary N) is 1. The van der Waals surface area contributed by atoms with E-state index in [0.29, 0.717) is 0 Å². The van der Waals surface area contributed by atoms with Crippen LogP contribution in [0.1, 0.15) is 12.8 Å². The molecule has 88 valence electrons. The molecule has 0 unspecified atom stereocenters. The van der Waals surface area contributed by atoms with Crippen LogP contribution >= 0.6 is 0 Å². The number of nitrogens with zero attached hydrogens (tertiary/aromatic N) is 3. The lowest BCUT2D eigenvalue weighted by atomic mass is 10.1. The summed E-state index contributed by atoms with van der Waals surface area (Å²) in [6.45, 7) is 1.06. The maximum Gasteiger partial charge on any atom is 0.165 e. The van der Waals surface area contributed by atoms with Crippen molar-refractivity contribution in [1.82, 2.24) is 14.8 Å². The molecule has 17 heavy (non-hydrogen) atoms. The maximum atomic E-state index is 4.16. The molecule has 1 fully saturated rings. The van der Waals surface area contributed by atoms with Gasteiger partial charge < -0.3 is 9.88 Å². The standard InChI is InChI=1S/C13H16N4/c1-17-9-15-16-13(17)11-4-2-3-5-12(11)14-8-10-6-7-10/h2-5,9-10,14H,6-8H2,1H3. The largest absolute Gasteiger partial charge is 0.384 e. The van der Waals surface area contributed by atoms with Crippen LogP contribution in [0.25, 0.3) is 11.4 Å². The first-order chi connectivity index (χ1) is 8.34. The first kappa shape index (κ1) is 10.3. The first-order valence-electron chi connectivity index (χ1n) is 6.02. The van der Waals surface area contributed by atoms with Gasteiger partial charge in [-0.25, -0.2) is 0 Å². The topological polar surface area (TPSA) is 42.7 Å². The zero-order valence-corrected chi connectivity index (χ0v) is 9.93. The molecule has 0 aliphatic heterocycles. The smallest absolute Gasteiger partial charge is 0.165 e. The zero-order valence-electron chi connectivity index (χ0n) is 9.93. The van der Waals surface area contributed by atoms with Gasteiger partial charge in [0.1, 0.15) is 6.33 Å². The molecule has 1 saturated carbocycles. The highest BCUT2D eigenvalue weighted by Gasteiger charge is 2.21. The van der Waals surface area contributed by atoms with Crippen molar-refractivity contribution < 1.29 is 0 Å². The Kier molecular flexibility index (Phi) is 2.55. The number of hydrogen-bond donors (Lipinski definition) is 1. The Hall–Kier alpha value is -1.84. The molecule has 1 aliphatic rings. The molecule has 1 aromatic heterocycles. The highest BCUT2D eigenvalue weighted by atomic mass is 15.2. The highest BCUT2D eigenvalue weighted by molar-refractivity contribution is 5.73. The fourth-order valence-electron chi connectivity index (χ4n) is 1.94. The highest BCUT2D eigenvalue weighted by Crippen LogP contribution is 2.31. The summed E-state index contributed by atoms with van der Waals surface area (Å²) in [6, 6.07) is 8.27. The van der Waals surface area contributed by atoms with Crippen molar-refractivity contribution in [1.29, 1.82) is 0 Å². The van der Waals surface area contributed by atoms with Crippen LogP contribution in [-0.2, 0) is 7.05 Å². The molecule has 0 spiro atoms. The van der Waals surface area contributed by atoms with E-state index in [4.69, 9.17) is 0 Å². The van der Waals surface area contributed by atoms with Gasteiger partial charge in [-0.2, -0.15) is 0 Å². The van der Waals surface area contributed by atoms with Crippen LogP contribution in [0.15, 0.2) is 30.6 Å². The van der Waals surface area contributed by atoms with E-state index < -0.39 is 0 Å². The van der Waals surface area contributed by atoms with E-state index in [1.165, 1.54) is 12.8 Å². The predicted octanol–water partition coefficient (Wildman–Crippen LogP) is 2.30. The molecule has 0 amide bonds. The van der Waals surface area contributed by atoms with E-state index in [-0.39, 0.29) is 0 Å². The fraction of sp³-hybridized carbons (Fsp3) is 0.385. The molecular formula is C13H16N4. The predicted molar refractivity (Wildman–Crippen MR) is 67.7 cm³/mol. The van der Waals surface area contributed by atoms with Gasteiger partial charge >= 0.3 is 0 Å². The molecule has 0 bridgehead atoms. The monoisotopic (exact) mass is 228 g/mol. The van der Waals surface area contributed by atoms with E-state index in [2.05, 4.69) is 33.7 Å². The van der Waals surface area contributed by atoms with Crippen molar-refractivity contribution >= 4 is 5.69 Å². The van der Waals surface area contributed by atoms with Crippen LogP contribution in [0.3, 0.4) is 0 Å². The number of para-hydroxylation sites is 1. The Morgan fingerprint density at radius 2 is 2.18 bits per heavy atom. The second-order valence-electron chi connectivity index (χ2n) is 4.64. The average molecular weight is 228 g/mol. The van der Waals surface area contributed by atoms with Gasteiger partial charge in [0.15, 0.2) is 5.82 Å². The number of rotatable bonds is 4. The van der Waals surface area contributed by atoms with Gasteiger partial charge in [0.2, 0.25) is 0 Å². The maximum absolute atomic E-state index is 4.16. The van der Waals surface area contributed by atoms with Gasteiger partial charge in [-0.1, -0.05) is 12.1 Å². The Bertz CT molecular complexity index is 514. The van der Waals surface area contributed by atoms with Gasteiger partial charge in [-0.3, -0.25) is 0 Å². The van der Waals surface area contributed by atoms with Crippen molar-refractivity contribution in [3.8, 4) is 11.4 Å². The summed E-state index contributed by atoms with van der Waals surface area (Å²) in [5.41, 5.74) is 2.27. The molecule has 4 nitrogen and oxygen atoms in total. The SMILES string of the molecule is Cn1cnnc1-c1ccccc1NCC1CC1. The van der Waals surface area contributed by atoms with Gasteiger partial charge in [-0.05, 0) is 30.9 Å². The Balaban J connectivity index is 1.89. The van der Waals surface area contributed by atoms with E-state index >= 15 is 0 Å². The van der Waals surface area contributed by atoms with E-state index in [9.17, 15) is 0 Å². The quantitative estimate of drug-likeness (QED) is 0.873. The average Bonchev–Trinajstić information content (AvgIpc) is 3.09. The van der Waals surface area contributed by atoms with Crippen LogP contribution in [0.5, 0.6) is 0 Å². The van der Waals surface area contributed by atoms with Crippen LogP contribution in [-0.4, -0.2) is 21.3 Å². The molecule has 1 N–H and O–H groups in total. The third-order valence-corrected chi connectivity index (χ3v) is 3.16. The Morgan fingerprint density at radius 1 is 1.35 bits per heavy atom. The third kappa shape index (κ3) is 2.16. The van der Waals surface area contributed by atoms with Crippen LogP contribution in [0.2, 0.25) is 0 Å². The molecular weight excluding hydrogens is 212 g/mol. The first-order valence-corrected chi connectivity index (χ1v) is 6.02. The van der Waals surface area contributed by atoms with Gasteiger partial charge in [0.25, 0.3) is 0 Å². The summed E-state index contributed by atoms with van der Waals surface area (Å²) in [6.07, 6.45) is 4.45. The lowest BCUT2D eigenvalue weighted by Gasteiger charge is -2.10. The second-order valence-corrected chi connectivity index (χ2v) is 4.64. The number of hydrogen-bond acceptors (Lipinski definition) is 3. The minimum absolute atomic E-state index is 0.863. The third-order valence-electron chi connectivity index (χ3n) is 3.16. The summed E-state index contributed by atoms with van der Waals surface area (Å²) in [7, 11) is 1.97. The summed E-state index contributed by atoms with van der Waals surface area (Å²) in [4.78, 5) is 0. The van der Waals surface area contributed by atoms with E-state index in [0.717, 1.165) is 29.5 Å². The minimum Gasteiger partial charge on any atom is -0.384 e. The van der Waals surface area contributed by atoms with Gasteiger partial charge in [0.05, 0.1) is 0 Å². The molecule has 0 radical (unpaired) electrons. The molecule has 2 aromatic rings. The van der Waals surface area contributed by atoms with Crippen molar-refractivity contribution in [2.75, 3.05) is 11.9 Å². The van der Waals surface area contributed by atoms with E-state index in [1.807, 2.05) is 17.7 Å². The lowest BCUT2D eigenvalue weighted by molar-refractivity contribution is 0.887. The number of anilines is 1. The molecule has 1 heterocycles. The van der Waals surface area contributed by atoms with Crippen LogP contribution in [0, 0.1) is 5.92 Å². The van der Waals surface area contributed by atoms with Crippen molar-refractivity contribution in [2.45, 2.75) is 12.8 Å². The molecule has 0 atom stereocenters. The normalized spacial score (nSPS) is 14.9. The number of aryl methyl sites for hydroxylation is 1. The summed E-state index contributed by atoms with van der Waals surface area (Å²) in [5, 5.41) is 11.6. The van der Waals surface area contributed by atoms with E-state index in [1.54, 1.807) is 6.33 Å². The van der Waals surface area contributed by atoms with Crippen LogP contribution in [0.4, 0.5) is 5.69 Å². The van der Waals surface area contributed by atoms with Crippen molar-refractivity contribution in [2.24, 2.45) is 13.0 Å². The minimum atomic E-state index is 0.863. The van der Waals surface area contributed by atoms with Crippen molar-refractivity contribution in [3.63, 3.8) is 0 Å². The molecule has 0 saturated heterocycles. The zero-order chi connectivity index (χ0) is 11.7. The molecule has 4 heteroatoms. The number of aromatic nitrogens is 3. The summed E-state index contributed by atoms with van der Waals surface area (Å²) >= 11 is 0. The Morgan fingerprint density at radius 3 is 2.88 bits per heavy atom. The molecule has 1 aliphatic carbocycles. The summed E-state index contributed by atoms with van der Waals surface area (Å²) in [5.74, 6) is 1.77. The number of benzene rings is 1.